The van der Waals surface area contributed by atoms with Gasteiger partial charge < -0.3 is 4.74 Å². The second-order valence-corrected chi connectivity index (χ2v) is 5.54. The number of morpholine rings is 1. The summed E-state index contributed by atoms with van der Waals surface area (Å²) in [7, 11) is 0. The third-order valence-corrected chi connectivity index (χ3v) is 4.31. The zero-order valence-electron chi connectivity index (χ0n) is 12.6. The maximum atomic E-state index is 12.5. The van der Waals surface area contributed by atoms with Crippen LogP contribution in [0, 0.1) is 0 Å². The van der Waals surface area contributed by atoms with Gasteiger partial charge in [0.25, 0.3) is 0 Å². The van der Waals surface area contributed by atoms with Crippen LogP contribution >= 0.6 is 0 Å². The van der Waals surface area contributed by atoms with Gasteiger partial charge in [0.15, 0.2) is 5.78 Å². The second-order valence-electron chi connectivity index (χ2n) is 5.54. The topological polar surface area (TPSA) is 29.5 Å². The predicted octanol–water partition coefficient (Wildman–Crippen LogP) is 3.19. The minimum atomic E-state index is -0.289. The molecule has 0 aromatic rings. The van der Waals surface area contributed by atoms with Gasteiger partial charge in [-0.05, 0) is 32.6 Å². The summed E-state index contributed by atoms with van der Waals surface area (Å²) < 4.78 is 5.38. The summed E-state index contributed by atoms with van der Waals surface area (Å²) in [4.78, 5) is 14.8. The minimum absolute atomic E-state index is 0.289. The number of carbonyl (C=O) groups is 1. The Bertz CT molecular complexity index is 284. The first kappa shape index (κ1) is 16.4. The van der Waals surface area contributed by atoms with E-state index >= 15 is 0 Å². The van der Waals surface area contributed by atoms with E-state index in [0.717, 1.165) is 58.4 Å². The van der Waals surface area contributed by atoms with E-state index in [9.17, 15) is 4.79 Å². The molecule has 0 aromatic heterocycles. The molecule has 1 aliphatic heterocycles. The number of allylic oxidation sites excluding steroid dienone is 1. The Morgan fingerprint density at radius 3 is 2.58 bits per heavy atom. The van der Waals surface area contributed by atoms with Crippen LogP contribution in [0.4, 0.5) is 0 Å². The van der Waals surface area contributed by atoms with Crippen molar-refractivity contribution >= 4 is 5.78 Å². The van der Waals surface area contributed by atoms with Gasteiger partial charge in [0.05, 0.1) is 18.8 Å². The van der Waals surface area contributed by atoms with Gasteiger partial charge in [-0.3, -0.25) is 9.69 Å². The van der Waals surface area contributed by atoms with Crippen molar-refractivity contribution < 1.29 is 9.53 Å². The zero-order valence-corrected chi connectivity index (χ0v) is 12.6. The molecule has 0 N–H and O–H groups in total. The van der Waals surface area contributed by atoms with Crippen molar-refractivity contribution in [3.05, 3.63) is 12.7 Å². The number of unbranched alkanes of at least 4 members (excludes halogenated alkanes) is 3. The number of ketones is 1. The summed E-state index contributed by atoms with van der Waals surface area (Å²) in [6.45, 7) is 11.2. The molecule has 110 valence electrons. The number of ether oxygens (including phenoxy) is 1. The van der Waals surface area contributed by atoms with Gasteiger partial charge in [0.2, 0.25) is 0 Å². The second kappa shape index (κ2) is 8.49. The van der Waals surface area contributed by atoms with Gasteiger partial charge >= 0.3 is 0 Å². The van der Waals surface area contributed by atoms with E-state index in [4.69, 9.17) is 4.74 Å². The number of Topliss-reactive ketones (excluding diaryl/α,β-unsaturated/α-hetero) is 1. The Kier molecular flexibility index (Phi) is 7.32. The Morgan fingerprint density at radius 1 is 1.32 bits per heavy atom. The number of hydrogen-bond acceptors (Lipinski definition) is 3. The molecule has 1 atom stereocenters. The lowest BCUT2D eigenvalue weighted by atomic mass is 9.87. The highest BCUT2D eigenvalue weighted by Crippen LogP contribution is 2.24. The Morgan fingerprint density at radius 2 is 2.00 bits per heavy atom. The van der Waals surface area contributed by atoms with Crippen LogP contribution in [-0.2, 0) is 9.53 Å². The Labute approximate surface area is 118 Å². The molecule has 1 fully saturated rings. The molecular formula is C16H29NO2. The van der Waals surface area contributed by atoms with Gasteiger partial charge in [-0.1, -0.05) is 19.4 Å². The quantitative estimate of drug-likeness (QED) is 0.474. The fourth-order valence-corrected chi connectivity index (χ4v) is 2.67. The van der Waals surface area contributed by atoms with Gasteiger partial charge in [0, 0.05) is 19.5 Å². The largest absolute Gasteiger partial charge is 0.379 e. The van der Waals surface area contributed by atoms with E-state index in [1.54, 1.807) is 0 Å². The molecule has 1 saturated heterocycles. The molecule has 0 bridgehead atoms. The van der Waals surface area contributed by atoms with Crippen LogP contribution in [0.5, 0.6) is 0 Å². The van der Waals surface area contributed by atoms with Crippen molar-refractivity contribution in [2.45, 2.75) is 57.9 Å². The first-order valence-corrected chi connectivity index (χ1v) is 7.62. The normalized spacial score (nSPS) is 19.9. The van der Waals surface area contributed by atoms with Crippen molar-refractivity contribution in [1.29, 1.82) is 0 Å². The monoisotopic (exact) mass is 267 g/mol. The fourth-order valence-electron chi connectivity index (χ4n) is 2.67. The SMILES string of the molecule is C=CCCCCCC(=O)C(C)(CC)N1CCOCC1. The lowest BCUT2D eigenvalue weighted by Crippen LogP contribution is -2.56. The van der Waals surface area contributed by atoms with Crippen molar-refractivity contribution in [3.8, 4) is 0 Å². The van der Waals surface area contributed by atoms with E-state index in [2.05, 4.69) is 25.3 Å². The molecule has 1 aliphatic rings. The summed E-state index contributed by atoms with van der Waals surface area (Å²) in [5, 5.41) is 0. The third kappa shape index (κ3) is 4.73. The first-order valence-electron chi connectivity index (χ1n) is 7.62. The third-order valence-electron chi connectivity index (χ3n) is 4.31. The highest BCUT2D eigenvalue weighted by molar-refractivity contribution is 5.87. The van der Waals surface area contributed by atoms with E-state index in [-0.39, 0.29) is 5.54 Å². The first-order chi connectivity index (χ1) is 9.15. The lowest BCUT2D eigenvalue weighted by molar-refractivity contribution is -0.134. The number of hydrogen-bond donors (Lipinski definition) is 0. The molecule has 3 heteroatoms. The highest BCUT2D eigenvalue weighted by atomic mass is 16.5. The standard InChI is InChI=1S/C16H29NO2/c1-4-6-7-8-9-10-15(18)16(3,5-2)17-11-13-19-14-12-17/h4H,1,5-14H2,2-3H3. The number of nitrogens with zero attached hydrogens (tertiary/aromatic N) is 1. The zero-order chi connectivity index (χ0) is 14.1. The van der Waals surface area contributed by atoms with E-state index in [0.29, 0.717) is 12.2 Å². The fraction of sp³-hybridized carbons (Fsp3) is 0.812. The summed E-state index contributed by atoms with van der Waals surface area (Å²) in [5.41, 5.74) is -0.289. The smallest absolute Gasteiger partial charge is 0.152 e. The predicted molar refractivity (Wildman–Crippen MR) is 79.4 cm³/mol. The van der Waals surface area contributed by atoms with Crippen LogP contribution in [0.2, 0.25) is 0 Å². The molecule has 3 nitrogen and oxygen atoms in total. The summed E-state index contributed by atoms with van der Waals surface area (Å²) in [6.07, 6.45) is 7.89. The van der Waals surface area contributed by atoms with E-state index < -0.39 is 0 Å². The molecule has 0 spiro atoms. The Balaban J connectivity index is 2.42. The molecule has 19 heavy (non-hydrogen) atoms. The Hall–Kier alpha value is -0.670. The van der Waals surface area contributed by atoms with Crippen LogP contribution < -0.4 is 0 Å². The number of carbonyl (C=O) groups excluding carboxylic acids is 1. The summed E-state index contributed by atoms with van der Waals surface area (Å²) in [6, 6.07) is 0. The maximum absolute atomic E-state index is 12.5. The minimum Gasteiger partial charge on any atom is -0.379 e. The molecule has 0 radical (unpaired) electrons. The van der Waals surface area contributed by atoms with Crippen molar-refractivity contribution in [2.75, 3.05) is 26.3 Å². The molecule has 0 saturated carbocycles. The molecule has 0 aliphatic carbocycles. The van der Waals surface area contributed by atoms with Crippen molar-refractivity contribution in [3.63, 3.8) is 0 Å². The molecule has 1 unspecified atom stereocenters. The maximum Gasteiger partial charge on any atom is 0.152 e. The average molecular weight is 267 g/mol. The van der Waals surface area contributed by atoms with Crippen LogP contribution in [0.1, 0.15) is 52.4 Å². The van der Waals surface area contributed by atoms with Crippen molar-refractivity contribution in [1.82, 2.24) is 4.90 Å². The van der Waals surface area contributed by atoms with Gasteiger partial charge in [-0.2, -0.15) is 0 Å². The van der Waals surface area contributed by atoms with Crippen LogP contribution in [0.3, 0.4) is 0 Å². The highest BCUT2D eigenvalue weighted by Gasteiger charge is 2.37. The lowest BCUT2D eigenvalue weighted by Gasteiger charge is -2.41. The molecule has 0 amide bonds. The van der Waals surface area contributed by atoms with Gasteiger partial charge in [-0.25, -0.2) is 0 Å². The van der Waals surface area contributed by atoms with Crippen molar-refractivity contribution in [2.24, 2.45) is 0 Å². The van der Waals surface area contributed by atoms with Crippen LogP contribution in [0.25, 0.3) is 0 Å². The average Bonchev–Trinajstić information content (AvgIpc) is 2.46. The van der Waals surface area contributed by atoms with Gasteiger partial charge in [-0.15, -0.1) is 6.58 Å². The van der Waals surface area contributed by atoms with Crippen LogP contribution in [-0.4, -0.2) is 42.5 Å². The van der Waals surface area contributed by atoms with Crippen LogP contribution in [0.15, 0.2) is 12.7 Å². The summed E-state index contributed by atoms with van der Waals surface area (Å²) in [5.74, 6) is 0.399. The van der Waals surface area contributed by atoms with E-state index in [1.165, 1.54) is 0 Å². The van der Waals surface area contributed by atoms with E-state index in [1.807, 2.05) is 6.08 Å². The molecular weight excluding hydrogens is 238 g/mol. The molecule has 1 heterocycles. The summed E-state index contributed by atoms with van der Waals surface area (Å²) >= 11 is 0. The molecule has 1 rings (SSSR count). The molecule has 0 aromatic carbocycles. The van der Waals surface area contributed by atoms with Gasteiger partial charge in [0.1, 0.15) is 0 Å². The number of rotatable bonds is 9.